The van der Waals surface area contributed by atoms with Gasteiger partial charge in [-0.1, -0.05) is 24.3 Å². The molecular weight excluding hydrogens is 384 g/mol. The number of anilines is 1. The van der Waals surface area contributed by atoms with E-state index in [0.29, 0.717) is 42.7 Å². The molecule has 1 saturated heterocycles. The first-order chi connectivity index (χ1) is 14.7. The molecule has 1 aliphatic rings. The first-order valence-electron chi connectivity index (χ1n) is 9.57. The number of carboxylic acids is 1. The smallest absolute Gasteiger partial charge is 0.308 e. The Labute approximate surface area is 171 Å². The number of hydrogen-bond donors (Lipinski definition) is 1. The van der Waals surface area contributed by atoms with E-state index >= 15 is 0 Å². The molecule has 1 N–H and O–H groups in total. The molecule has 5 rings (SSSR count). The van der Waals surface area contributed by atoms with Gasteiger partial charge in [-0.25, -0.2) is 4.98 Å². The fraction of sp³-hybridized carbons (Fsp3) is 0.182. The molecule has 0 aliphatic carbocycles. The van der Waals surface area contributed by atoms with Gasteiger partial charge < -0.3 is 18.8 Å². The van der Waals surface area contributed by atoms with Crippen LogP contribution in [-0.2, 0) is 4.79 Å². The van der Waals surface area contributed by atoms with Gasteiger partial charge in [-0.2, -0.15) is 4.98 Å². The SMILES string of the molecule is O=C(O)C1CCN(c2nc(-c3ccc(-c4cnco4)cc3)c(-c3cccnc3)o2)C1. The molecule has 1 unspecified atom stereocenters. The van der Waals surface area contributed by atoms with Gasteiger partial charge in [0.15, 0.2) is 17.9 Å². The van der Waals surface area contributed by atoms with Crippen LogP contribution in [0.25, 0.3) is 33.9 Å². The molecule has 1 atom stereocenters. The highest BCUT2D eigenvalue weighted by Crippen LogP contribution is 2.37. The zero-order chi connectivity index (χ0) is 20.5. The molecule has 8 nitrogen and oxygen atoms in total. The van der Waals surface area contributed by atoms with Crippen LogP contribution in [0.1, 0.15) is 6.42 Å². The fourth-order valence-corrected chi connectivity index (χ4v) is 3.62. The molecule has 4 aromatic rings. The van der Waals surface area contributed by atoms with Crippen molar-refractivity contribution in [3.63, 3.8) is 0 Å². The van der Waals surface area contributed by atoms with Gasteiger partial charge in [0, 0.05) is 42.2 Å². The molecule has 0 bridgehead atoms. The van der Waals surface area contributed by atoms with E-state index in [-0.39, 0.29) is 0 Å². The second-order valence-electron chi connectivity index (χ2n) is 7.13. The van der Waals surface area contributed by atoms with Crippen molar-refractivity contribution in [3.8, 4) is 33.9 Å². The number of aliphatic carboxylic acids is 1. The summed E-state index contributed by atoms with van der Waals surface area (Å²) in [5, 5.41) is 9.30. The van der Waals surface area contributed by atoms with Gasteiger partial charge in [-0.3, -0.25) is 9.78 Å². The van der Waals surface area contributed by atoms with Crippen LogP contribution in [0.4, 0.5) is 6.01 Å². The normalized spacial score (nSPS) is 16.1. The second kappa shape index (κ2) is 7.47. The second-order valence-corrected chi connectivity index (χ2v) is 7.13. The third-order valence-electron chi connectivity index (χ3n) is 5.22. The summed E-state index contributed by atoms with van der Waals surface area (Å²) in [6.45, 7) is 0.972. The van der Waals surface area contributed by atoms with Crippen LogP contribution < -0.4 is 4.90 Å². The molecule has 1 aliphatic heterocycles. The van der Waals surface area contributed by atoms with E-state index in [1.807, 2.05) is 41.3 Å². The van der Waals surface area contributed by atoms with E-state index in [1.54, 1.807) is 18.6 Å². The van der Waals surface area contributed by atoms with Gasteiger partial charge >= 0.3 is 5.97 Å². The standard InChI is InChI=1S/C22H18N4O4/c27-21(28)17-7-9-26(12-17)22-25-19(20(30-22)16-2-1-8-23-10-16)15-5-3-14(4-6-15)18-11-24-13-29-18/h1-6,8,10-11,13,17H,7,9,12H2,(H,27,28). The number of aromatic nitrogens is 3. The van der Waals surface area contributed by atoms with Crippen LogP contribution in [-0.4, -0.2) is 39.1 Å². The maximum absolute atomic E-state index is 11.3. The molecule has 1 aromatic carbocycles. The number of oxazole rings is 2. The molecule has 0 spiro atoms. The fourth-order valence-electron chi connectivity index (χ4n) is 3.62. The Hall–Kier alpha value is -3.94. The quantitative estimate of drug-likeness (QED) is 0.535. The predicted octanol–water partition coefficient (Wildman–Crippen LogP) is 3.97. The summed E-state index contributed by atoms with van der Waals surface area (Å²) in [6, 6.07) is 11.9. The first kappa shape index (κ1) is 18.1. The van der Waals surface area contributed by atoms with Crippen molar-refractivity contribution < 1.29 is 18.7 Å². The van der Waals surface area contributed by atoms with E-state index in [0.717, 1.165) is 16.7 Å². The molecule has 0 saturated carbocycles. The monoisotopic (exact) mass is 402 g/mol. The third kappa shape index (κ3) is 3.32. The number of pyridine rings is 1. The topological polar surface area (TPSA) is 105 Å². The molecular formula is C22H18N4O4. The summed E-state index contributed by atoms with van der Waals surface area (Å²) < 4.78 is 11.5. The van der Waals surface area contributed by atoms with Gasteiger partial charge in [0.1, 0.15) is 5.69 Å². The summed E-state index contributed by atoms with van der Waals surface area (Å²) in [5.74, 6) is 0.0825. The number of carboxylic acid groups (broad SMARTS) is 1. The molecule has 0 radical (unpaired) electrons. The highest BCUT2D eigenvalue weighted by Gasteiger charge is 2.31. The van der Waals surface area contributed by atoms with Crippen molar-refractivity contribution in [3.05, 3.63) is 61.4 Å². The number of rotatable bonds is 5. The van der Waals surface area contributed by atoms with Gasteiger partial charge in [0.05, 0.1) is 12.1 Å². The Kier molecular flexibility index (Phi) is 4.51. The molecule has 0 amide bonds. The molecule has 30 heavy (non-hydrogen) atoms. The van der Waals surface area contributed by atoms with Crippen LogP contribution in [0.3, 0.4) is 0 Å². The minimum absolute atomic E-state index is 0.381. The van der Waals surface area contributed by atoms with Crippen molar-refractivity contribution >= 4 is 12.0 Å². The van der Waals surface area contributed by atoms with Crippen LogP contribution in [0, 0.1) is 5.92 Å². The lowest BCUT2D eigenvalue weighted by Gasteiger charge is -2.11. The maximum atomic E-state index is 11.3. The molecule has 4 heterocycles. The Morgan fingerprint density at radius 3 is 2.57 bits per heavy atom. The van der Waals surface area contributed by atoms with E-state index in [4.69, 9.17) is 13.8 Å². The van der Waals surface area contributed by atoms with E-state index in [2.05, 4.69) is 9.97 Å². The Morgan fingerprint density at radius 1 is 1.07 bits per heavy atom. The molecule has 3 aromatic heterocycles. The van der Waals surface area contributed by atoms with Crippen molar-refractivity contribution in [1.29, 1.82) is 0 Å². The van der Waals surface area contributed by atoms with Gasteiger partial charge in [-0.05, 0) is 18.6 Å². The highest BCUT2D eigenvalue weighted by atomic mass is 16.4. The Balaban J connectivity index is 1.53. The summed E-state index contributed by atoms with van der Waals surface area (Å²) in [7, 11) is 0. The number of hydrogen-bond acceptors (Lipinski definition) is 7. The first-order valence-corrected chi connectivity index (χ1v) is 9.57. The largest absolute Gasteiger partial charge is 0.481 e. The average molecular weight is 402 g/mol. The predicted molar refractivity (Wildman–Crippen MR) is 109 cm³/mol. The van der Waals surface area contributed by atoms with Crippen molar-refractivity contribution in [1.82, 2.24) is 15.0 Å². The number of carbonyl (C=O) groups is 1. The van der Waals surface area contributed by atoms with E-state index < -0.39 is 11.9 Å². The number of benzene rings is 1. The average Bonchev–Trinajstić information content (AvgIpc) is 3.55. The summed E-state index contributed by atoms with van der Waals surface area (Å²) >= 11 is 0. The van der Waals surface area contributed by atoms with Crippen molar-refractivity contribution in [2.45, 2.75) is 6.42 Å². The zero-order valence-electron chi connectivity index (χ0n) is 15.9. The van der Waals surface area contributed by atoms with Crippen LogP contribution in [0.5, 0.6) is 0 Å². The summed E-state index contributed by atoms with van der Waals surface area (Å²) in [6.07, 6.45) is 7.05. The summed E-state index contributed by atoms with van der Waals surface area (Å²) in [5.41, 5.74) is 3.27. The lowest BCUT2D eigenvalue weighted by atomic mass is 10.0. The zero-order valence-corrected chi connectivity index (χ0v) is 15.9. The third-order valence-corrected chi connectivity index (χ3v) is 5.22. The molecule has 1 fully saturated rings. The summed E-state index contributed by atoms with van der Waals surface area (Å²) in [4.78, 5) is 26.1. The minimum atomic E-state index is -0.792. The van der Waals surface area contributed by atoms with Gasteiger partial charge in [0.25, 0.3) is 6.01 Å². The van der Waals surface area contributed by atoms with Crippen LogP contribution in [0.2, 0.25) is 0 Å². The van der Waals surface area contributed by atoms with Crippen molar-refractivity contribution in [2.24, 2.45) is 5.92 Å². The lowest BCUT2D eigenvalue weighted by Crippen LogP contribution is -2.22. The Morgan fingerprint density at radius 2 is 1.90 bits per heavy atom. The van der Waals surface area contributed by atoms with Gasteiger partial charge in [-0.15, -0.1) is 0 Å². The molecule has 8 heteroatoms. The molecule has 150 valence electrons. The minimum Gasteiger partial charge on any atom is -0.481 e. The lowest BCUT2D eigenvalue weighted by molar-refractivity contribution is -0.140. The van der Waals surface area contributed by atoms with Gasteiger partial charge in [0.2, 0.25) is 0 Å². The van der Waals surface area contributed by atoms with E-state index in [1.165, 1.54) is 6.39 Å². The Bertz CT molecular complexity index is 1150. The van der Waals surface area contributed by atoms with Crippen LogP contribution >= 0.6 is 0 Å². The highest BCUT2D eigenvalue weighted by molar-refractivity contribution is 5.79. The number of nitrogens with zero attached hydrogens (tertiary/aromatic N) is 4. The van der Waals surface area contributed by atoms with Crippen LogP contribution in [0.15, 0.2) is 70.2 Å². The van der Waals surface area contributed by atoms with E-state index in [9.17, 15) is 9.90 Å². The van der Waals surface area contributed by atoms with Crippen molar-refractivity contribution in [2.75, 3.05) is 18.0 Å². The maximum Gasteiger partial charge on any atom is 0.308 e.